The van der Waals surface area contributed by atoms with Crippen molar-refractivity contribution in [1.82, 2.24) is 15.1 Å². The number of benzene rings is 1. The van der Waals surface area contributed by atoms with E-state index in [2.05, 4.69) is 10.3 Å². The first kappa shape index (κ1) is 15.6. The highest BCUT2D eigenvalue weighted by Crippen LogP contribution is 2.21. The fourth-order valence-corrected chi connectivity index (χ4v) is 2.88. The van der Waals surface area contributed by atoms with Gasteiger partial charge >= 0.3 is 0 Å². The molecule has 23 heavy (non-hydrogen) atoms. The molecule has 2 heterocycles. The Morgan fingerprint density at radius 2 is 2.26 bits per heavy atom. The summed E-state index contributed by atoms with van der Waals surface area (Å²) in [5, 5.41) is 8.11. The zero-order chi connectivity index (χ0) is 16.2. The van der Waals surface area contributed by atoms with Crippen molar-refractivity contribution in [3.63, 3.8) is 0 Å². The number of allylic oxidation sites excluding steroid dienone is 1. The highest BCUT2D eigenvalue weighted by molar-refractivity contribution is 5.98. The van der Waals surface area contributed by atoms with Crippen LogP contribution in [0.4, 0.5) is 4.39 Å². The monoisotopic (exact) mass is 312 g/mol. The van der Waals surface area contributed by atoms with Crippen LogP contribution in [-0.2, 0) is 19.5 Å². The van der Waals surface area contributed by atoms with Crippen molar-refractivity contribution in [2.45, 2.75) is 33.4 Å². The van der Waals surface area contributed by atoms with Crippen molar-refractivity contribution in [3.8, 4) is 0 Å². The molecular formula is C18H21FN4. The van der Waals surface area contributed by atoms with Crippen molar-refractivity contribution in [3.05, 3.63) is 64.9 Å². The highest BCUT2D eigenvalue weighted by atomic mass is 19.1. The molecule has 4 nitrogen and oxygen atoms in total. The number of hydrogen-bond donors (Lipinski definition) is 1. The van der Waals surface area contributed by atoms with Gasteiger partial charge in [-0.3, -0.25) is 9.67 Å². The minimum absolute atomic E-state index is 0.188. The number of aromatic nitrogens is 2. The average molecular weight is 312 g/mol. The van der Waals surface area contributed by atoms with Gasteiger partial charge in [-0.1, -0.05) is 24.3 Å². The fraction of sp³-hybridized carbons (Fsp3) is 0.333. The first-order valence-corrected chi connectivity index (χ1v) is 7.89. The summed E-state index contributed by atoms with van der Waals surface area (Å²) >= 11 is 0. The molecule has 0 aliphatic carbocycles. The van der Waals surface area contributed by atoms with Crippen LogP contribution in [0.5, 0.6) is 0 Å². The van der Waals surface area contributed by atoms with Gasteiger partial charge in [0.05, 0.1) is 12.3 Å². The molecule has 1 aromatic carbocycles. The molecule has 0 saturated heterocycles. The number of fused-ring (bicyclic) bond motifs is 1. The summed E-state index contributed by atoms with van der Waals surface area (Å²) in [6.07, 6.45) is 4.56. The van der Waals surface area contributed by atoms with E-state index in [1.807, 2.05) is 36.7 Å². The summed E-state index contributed by atoms with van der Waals surface area (Å²) in [6, 6.07) is 6.87. The molecule has 1 aromatic heterocycles. The van der Waals surface area contributed by atoms with Gasteiger partial charge in [0.1, 0.15) is 11.5 Å². The molecule has 120 valence electrons. The maximum absolute atomic E-state index is 14.0. The Labute approximate surface area is 135 Å². The molecule has 0 unspecified atom stereocenters. The van der Waals surface area contributed by atoms with Crippen LogP contribution in [0.1, 0.15) is 36.4 Å². The van der Waals surface area contributed by atoms with Gasteiger partial charge in [-0.15, -0.1) is 0 Å². The maximum atomic E-state index is 14.0. The van der Waals surface area contributed by atoms with Gasteiger partial charge in [-0.25, -0.2) is 4.39 Å². The summed E-state index contributed by atoms with van der Waals surface area (Å²) in [5.41, 5.74) is 4.80. The minimum atomic E-state index is -0.188. The van der Waals surface area contributed by atoms with Crippen LogP contribution in [0, 0.1) is 5.82 Å². The summed E-state index contributed by atoms with van der Waals surface area (Å²) in [4.78, 5) is 4.42. The number of nitrogens with zero attached hydrogens (tertiary/aromatic N) is 3. The predicted molar refractivity (Wildman–Crippen MR) is 90.2 cm³/mol. The first-order chi connectivity index (χ1) is 11.2. The quantitative estimate of drug-likeness (QED) is 0.882. The third-order valence-corrected chi connectivity index (χ3v) is 4.04. The molecule has 0 atom stereocenters. The Hall–Kier alpha value is -2.27. The number of hydrogen-bond acceptors (Lipinski definition) is 3. The molecule has 0 spiro atoms. The third-order valence-electron chi connectivity index (χ3n) is 4.04. The lowest BCUT2D eigenvalue weighted by molar-refractivity contribution is 0.556. The predicted octanol–water partition coefficient (Wildman–Crippen LogP) is 3.06. The van der Waals surface area contributed by atoms with Crippen molar-refractivity contribution in [2.24, 2.45) is 4.99 Å². The molecule has 0 amide bonds. The van der Waals surface area contributed by atoms with Gasteiger partial charge in [0.25, 0.3) is 0 Å². The van der Waals surface area contributed by atoms with E-state index >= 15 is 0 Å². The van der Waals surface area contributed by atoms with Gasteiger partial charge in [0.2, 0.25) is 0 Å². The Morgan fingerprint density at radius 1 is 1.43 bits per heavy atom. The second-order valence-electron chi connectivity index (χ2n) is 5.65. The Kier molecular flexibility index (Phi) is 4.67. The van der Waals surface area contributed by atoms with E-state index < -0.39 is 0 Å². The van der Waals surface area contributed by atoms with Gasteiger partial charge in [-0.2, -0.15) is 5.10 Å². The van der Waals surface area contributed by atoms with E-state index in [0.717, 1.165) is 30.9 Å². The van der Waals surface area contributed by atoms with Gasteiger partial charge in [-0.05, 0) is 19.9 Å². The lowest BCUT2D eigenvalue weighted by Gasteiger charge is -2.15. The summed E-state index contributed by atoms with van der Waals surface area (Å²) in [7, 11) is 0. The summed E-state index contributed by atoms with van der Waals surface area (Å²) < 4.78 is 15.9. The second kappa shape index (κ2) is 6.87. The molecule has 1 aliphatic rings. The average Bonchev–Trinajstić information content (AvgIpc) is 2.94. The molecular weight excluding hydrogens is 291 g/mol. The zero-order valence-electron chi connectivity index (χ0n) is 13.5. The Morgan fingerprint density at radius 3 is 3.04 bits per heavy atom. The third kappa shape index (κ3) is 3.24. The molecule has 0 fully saturated rings. The molecule has 3 rings (SSSR count). The number of nitrogens with one attached hydrogen (secondary N) is 1. The normalized spacial score (nSPS) is 15.2. The van der Waals surface area contributed by atoms with Crippen molar-refractivity contribution < 1.29 is 4.39 Å². The molecule has 0 radical (unpaired) electrons. The van der Waals surface area contributed by atoms with E-state index in [4.69, 9.17) is 5.10 Å². The van der Waals surface area contributed by atoms with Crippen LogP contribution in [0.2, 0.25) is 0 Å². The van der Waals surface area contributed by atoms with Gasteiger partial charge < -0.3 is 5.32 Å². The van der Waals surface area contributed by atoms with E-state index in [-0.39, 0.29) is 5.82 Å². The molecule has 0 bridgehead atoms. The molecule has 5 heteroatoms. The smallest absolute Gasteiger partial charge is 0.128 e. The molecule has 0 saturated carbocycles. The topological polar surface area (TPSA) is 42.2 Å². The SMILES string of the molecule is C/C=C\N=C(C)c1nn(Cc2ccccc2F)c2c1CNCC2. The van der Waals surface area contributed by atoms with Crippen molar-refractivity contribution in [2.75, 3.05) is 6.54 Å². The van der Waals surface area contributed by atoms with E-state index in [9.17, 15) is 4.39 Å². The van der Waals surface area contributed by atoms with Crippen LogP contribution in [0.15, 0.2) is 41.5 Å². The number of aliphatic imine (C=N–C) groups is 1. The summed E-state index contributed by atoms with van der Waals surface area (Å²) in [5.74, 6) is -0.188. The second-order valence-corrected chi connectivity index (χ2v) is 5.65. The van der Waals surface area contributed by atoms with Crippen LogP contribution in [0.3, 0.4) is 0 Å². The van der Waals surface area contributed by atoms with E-state index in [1.165, 1.54) is 17.3 Å². The van der Waals surface area contributed by atoms with Crippen LogP contribution in [-0.4, -0.2) is 22.0 Å². The summed E-state index contributed by atoms with van der Waals surface area (Å²) in [6.45, 7) is 6.05. The van der Waals surface area contributed by atoms with Gasteiger partial charge in [0.15, 0.2) is 0 Å². The van der Waals surface area contributed by atoms with Crippen molar-refractivity contribution in [1.29, 1.82) is 0 Å². The number of rotatable bonds is 4. The lowest BCUT2D eigenvalue weighted by atomic mass is 10.0. The van der Waals surface area contributed by atoms with Crippen LogP contribution >= 0.6 is 0 Å². The maximum Gasteiger partial charge on any atom is 0.128 e. The minimum Gasteiger partial charge on any atom is -0.312 e. The molecule has 1 N–H and O–H groups in total. The Bertz CT molecular complexity index is 758. The first-order valence-electron chi connectivity index (χ1n) is 7.89. The highest BCUT2D eigenvalue weighted by Gasteiger charge is 2.22. The largest absolute Gasteiger partial charge is 0.312 e. The zero-order valence-corrected chi connectivity index (χ0v) is 13.5. The fourth-order valence-electron chi connectivity index (χ4n) is 2.88. The van der Waals surface area contributed by atoms with Crippen molar-refractivity contribution >= 4 is 5.71 Å². The van der Waals surface area contributed by atoms with Gasteiger partial charge in [0, 0.05) is 42.5 Å². The molecule has 2 aromatic rings. The van der Waals surface area contributed by atoms with E-state index in [1.54, 1.807) is 12.3 Å². The number of halogens is 1. The standard InChI is InChI=1S/C18H21FN4/c1-3-9-21-13(2)18-15-11-20-10-8-17(15)23(22-18)12-14-6-4-5-7-16(14)19/h3-7,9,20H,8,10-12H2,1-2H3/b9-3-,21-13?. The lowest BCUT2D eigenvalue weighted by Crippen LogP contribution is -2.25. The van der Waals surface area contributed by atoms with Crippen LogP contribution < -0.4 is 5.32 Å². The van der Waals surface area contributed by atoms with E-state index in [0.29, 0.717) is 12.1 Å². The Balaban J connectivity index is 2.01. The van der Waals surface area contributed by atoms with Crippen LogP contribution in [0.25, 0.3) is 0 Å². The molecule has 1 aliphatic heterocycles.